The summed E-state index contributed by atoms with van der Waals surface area (Å²) in [5, 5.41) is 0. The SMILES string of the molecule is COC(=O)N1CCC2(CC(N3CCC(C4CCCN4c4ccccn4)CC3)C2)C1. The quantitative estimate of drug-likeness (QED) is 0.781. The topological polar surface area (TPSA) is 48.9 Å². The maximum atomic E-state index is 11.8. The number of amides is 1. The van der Waals surface area contributed by atoms with E-state index in [0.29, 0.717) is 11.5 Å². The number of carbonyl (C=O) groups is 1. The highest BCUT2D eigenvalue weighted by Crippen LogP contribution is 2.51. The summed E-state index contributed by atoms with van der Waals surface area (Å²) in [6.45, 7) is 5.39. The number of piperidine rings is 1. The fourth-order valence-corrected chi connectivity index (χ4v) is 6.51. The van der Waals surface area contributed by atoms with Crippen LogP contribution in [0.5, 0.6) is 0 Å². The van der Waals surface area contributed by atoms with E-state index in [9.17, 15) is 4.79 Å². The molecule has 1 atom stereocenters. The molecule has 1 aliphatic carbocycles. The van der Waals surface area contributed by atoms with E-state index in [2.05, 4.69) is 26.9 Å². The number of likely N-dealkylation sites (tertiary alicyclic amines) is 2. The van der Waals surface area contributed by atoms with Gasteiger partial charge in [0.1, 0.15) is 5.82 Å². The minimum Gasteiger partial charge on any atom is -0.453 e. The second-order valence-electron chi connectivity index (χ2n) is 9.67. The lowest BCUT2D eigenvalue weighted by atomic mass is 9.64. The molecule has 0 radical (unpaired) electrons. The van der Waals surface area contributed by atoms with E-state index >= 15 is 0 Å². The largest absolute Gasteiger partial charge is 0.453 e. The molecule has 1 aromatic heterocycles. The van der Waals surface area contributed by atoms with Crippen molar-refractivity contribution in [2.45, 2.75) is 57.0 Å². The van der Waals surface area contributed by atoms with Crippen LogP contribution in [-0.4, -0.2) is 72.8 Å². The second-order valence-corrected chi connectivity index (χ2v) is 9.67. The number of pyridine rings is 1. The molecule has 1 aromatic rings. The molecule has 4 aliphatic rings. The highest BCUT2D eigenvalue weighted by molar-refractivity contribution is 5.67. The van der Waals surface area contributed by atoms with Gasteiger partial charge in [0.15, 0.2) is 0 Å². The number of nitrogens with zero attached hydrogens (tertiary/aromatic N) is 4. The highest BCUT2D eigenvalue weighted by Gasteiger charge is 2.51. The fraction of sp³-hybridized carbons (Fsp3) is 0.739. The van der Waals surface area contributed by atoms with E-state index < -0.39 is 0 Å². The molecular weight excluding hydrogens is 364 g/mol. The number of ether oxygens (including phenoxy) is 1. The van der Waals surface area contributed by atoms with E-state index in [1.54, 1.807) is 0 Å². The van der Waals surface area contributed by atoms with Crippen LogP contribution in [-0.2, 0) is 4.74 Å². The van der Waals surface area contributed by atoms with E-state index in [1.165, 1.54) is 58.7 Å². The maximum absolute atomic E-state index is 11.8. The molecule has 6 nitrogen and oxygen atoms in total. The lowest BCUT2D eigenvalue weighted by Crippen LogP contribution is -2.55. The van der Waals surface area contributed by atoms with Gasteiger partial charge in [-0.1, -0.05) is 6.07 Å². The maximum Gasteiger partial charge on any atom is 0.409 e. The summed E-state index contributed by atoms with van der Waals surface area (Å²) in [7, 11) is 1.49. The minimum absolute atomic E-state index is 0.153. The molecule has 1 saturated carbocycles. The minimum atomic E-state index is -0.153. The van der Waals surface area contributed by atoms with Crippen molar-refractivity contribution in [2.24, 2.45) is 11.3 Å². The number of methoxy groups -OCH3 is 1. The van der Waals surface area contributed by atoms with Gasteiger partial charge in [0.05, 0.1) is 7.11 Å². The second kappa shape index (κ2) is 7.78. The Morgan fingerprint density at radius 1 is 1.14 bits per heavy atom. The van der Waals surface area contributed by atoms with Crippen molar-refractivity contribution in [3.8, 4) is 0 Å². The van der Waals surface area contributed by atoms with E-state index in [0.717, 1.165) is 43.8 Å². The van der Waals surface area contributed by atoms with Gasteiger partial charge in [-0.3, -0.25) is 0 Å². The smallest absolute Gasteiger partial charge is 0.409 e. The molecule has 29 heavy (non-hydrogen) atoms. The molecule has 1 unspecified atom stereocenters. The molecule has 158 valence electrons. The first-order chi connectivity index (χ1) is 14.2. The zero-order chi connectivity index (χ0) is 19.8. The summed E-state index contributed by atoms with van der Waals surface area (Å²) in [6, 6.07) is 7.68. The number of aromatic nitrogens is 1. The first-order valence-electron chi connectivity index (χ1n) is 11.4. The summed E-state index contributed by atoms with van der Waals surface area (Å²) in [5.41, 5.74) is 0.372. The first-order valence-corrected chi connectivity index (χ1v) is 11.4. The third-order valence-corrected chi connectivity index (χ3v) is 8.09. The van der Waals surface area contributed by atoms with Crippen molar-refractivity contribution >= 4 is 11.9 Å². The summed E-state index contributed by atoms with van der Waals surface area (Å²) in [6.07, 6.45) is 10.7. The third kappa shape index (κ3) is 3.60. The van der Waals surface area contributed by atoms with Crippen LogP contribution >= 0.6 is 0 Å². The van der Waals surface area contributed by atoms with Crippen LogP contribution in [0.2, 0.25) is 0 Å². The van der Waals surface area contributed by atoms with E-state index in [1.807, 2.05) is 17.2 Å². The van der Waals surface area contributed by atoms with Crippen LogP contribution < -0.4 is 4.90 Å². The van der Waals surface area contributed by atoms with Crippen molar-refractivity contribution in [3.63, 3.8) is 0 Å². The van der Waals surface area contributed by atoms with Crippen molar-refractivity contribution in [2.75, 3.05) is 44.7 Å². The van der Waals surface area contributed by atoms with Crippen LogP contribution in [0.4, 0.5) is 10.6 Å². The number of hydrogen-bond donors (Lipinski definition) is 0. The zero-order valence-electron chi connectivity index (χ0n) is 17.6. The van der Waals surface area contributed by atoms with E-state index in [4.69, 9.17) is 4.74 Å². The Labute approximate surface area is 174 Å². The number of hydrogen-bond acceptors (Lipinski definition) is 5. The first kappa shape index (κ1) is 19.2. The fourth-order valence-electron chi connectivity index (χ4n) is 6.51. The molecule has 4 fully saturated rings. The van der Waals surface area contributed by atoms with Gasteiger partial charge in [0.2, 0.25) is 0 Å². The molecule has 1 spiro atoms. The van der Waals surface area contributed by atoms with Gasteiger partial charge in [-0.15, -0.1) is 0 Å². The van der Waals surface area contributed by atoms with Crippen LogP contribution in [0.3, 0.4) is 0 Å². The van der Waals surface area contributed by atoms with Gasteiger partial charge in [-0.05, 0) is 81.5 Å². The molecule has 5 rings (SSSR count). The Morgan fingerprint density at radius 2 is 1.97 bits per heavy atom. The molecule has 0 N–H and O–H groups in total. The standard InChI is InChI=1S/C23H34N4O2/c1-29-22(28)26-14-9-23(17-26)15-19(16-23)25-12-7-18(8-13-25)20-5-4-11-27(20)21-6-2-3-10-24-21/h2-3,6,10,18-20H,4-5,7-9,11-17H2,1H3. The van der Waals surface area contributed by atoms with Crippen LogP contribution in [0.1, 0.15) is 44.9 Å². The Hall–Kier alpha value is -1.82. The van der Waals surface area contributed by atoms with Crippen molar-refractivity contribution in [3.05, 3.63) is 24.4 Å². The van der Waals surface area contributed by atoms with Crippen molar-refractivity contribution in [1.29, 1.82) is 0 Å². The molecule has 0 bridgehead atoms. The summed E-state index contributed by atoms with van der Waals surface area (Å²) in [4.78, 5) is 23.6. The molecule has 3 aliphatic heterocycles. The Kier molecular flexibility index (Phi) is 5.14. The van der Waals surface area contributed by atoms with Gasteiger partial charge < -0.3 is 19.4 Å². The molecule has 0 aromatic carbocycles. The molecule has 1 amide bonds. The zero-order valence-corrected chi connectivity index (χ0v) is 17.6. The van der Waals surface area contributed by atoms with Gasteiger partial charge in [0, 0.05) is 37.9 Å². The highest BCUT2D eigenvalue weighted by atomic mass is 16.5. The molecule has 6 heteroatoms. The Balaban J connectivity index is 1.12. The average Bonchev–Trinajstić information content (AvgIpc) is 3.41. The molecule has 3 saturated heterocycles. The number of carbonyl (C=O) groups excluding carboxylic acids is 1. The van der Waals surface area contributed by atoms with Crippen molar-refractivity contribution in [1.82, 2.24) is 14.8 Å². The van der Waals surface area contributed by atoms with Gasteiger partial charge in [0.25, 0.3) is 0 Å². The van der Waals surface area contributed by atoms with Gasteiger partial charge in [-0.2, -0.15) is 0 Å². The normalized spacial score (nSPS) is 33.3. The van der Waals surface area contributed by atoms with Gasteiger partial charge in [-0.25, -0.2) is 9.78 Å². The van der Waals surface area contributed by atoms with Crippen LogP contribution in [0, 0.1) is 11.3 Å². The monoisotopic (exact) mass is 398 g/mol. The number of anilines is 1. The van der Waals surface area contributed by atoms with Gasteiger partial charge >= 0.3 is 6.09 Å². The predicted molar refractivity (Wildman–Crippen MR) is 113 cm³/mol. The van der Waals surface area contributed by atoms with E-state index in [-0.39, 0.29) is 6.09 Å². The van der Waals surface area contributed by atoms with Crippen LogP contribution in [0.15, 0.2) is 24.4 Å². The van der Waals surface area contributed by atoms with Crippen molar-refractivity contribution < 1.29 is 9.53 Å². The lowest BCUT2D eigenvalue weighted by molar-refractivity contribution is -0.0106. The Morgan fingerprint density at radius 3 is 2.69 bits per heavy atom. The average molecular weight is 399 g/mol. The lowest BCUT2D eigenvalue weighted by Gasteiger charge is -2.52. The molecule has 4 heterocycles. The predicted octanol–water partition coefficient (Wildman–Crippen LogP) is 3.38. The summed E-state index contributed by atoms with van der Waals surface area (Å²) >= 11 is 0. The third-order valence-electron chi connectivity index (χ3n) is 8.09. The summed E-state index contributed by atoms with van der Waals surface area (Å²) < 4.78 is 4.91. The summed E-state index contributed by atoms with van der Waals surface area (Å²) in [5.74, 6) is 1.96. The van der Waals surface area contributed by atoms with Crippen LogP contribution in [0.25, 0.3) is 0 Å². The Bertz CT molecular complexity index is 713. The molecular formula is C23H34N4O2. The number of rotatable bonds is 3.